The third kappa shape index (κ3) is 3.89. The number of nitro benzene ring substituents is 1. The molecule has 0 bridgehead atoms. The first-order chi connectivity index (χ1) is 11.2. The van der Waals surface area contributed by atoms with Crippen LogP contribution in [0.15, 0.2) is 54.6 Å². The van der Waals surface area contributed by atoms with Crippen LogP contribution >= 0.6 is 0 Å². The Morgan fingerprint density at radius 1 is 0.957 bits per heavy atom. The van der Waals surface area contributed by atoms with E-state index in [0.29, 0.717) is 5.92 Å². The summed E-state index contributed by atoms with van der Waals surface area (Å²) in [4.78, 5) is 10.4. The summed E-state index contributed by atoms with van der Waals surface area (Å²) < 4.78 is 0. The lowest BCUT2D eigenvalue weighted by molar-refractivity contribution is -0.384. The third-order valence-corrected chi connectivity index (χ3v) is 4.68. The Morgan fingerprint density at radius 3 is 2.22 bits per heavy atom. The van der Waals surface area contributed by atoms with E-state index in [1.165, 1.54) is 37.7 Å². The number of rotatable bonds is 5. The molecular formula is C19H22N2O2. The summed E-state index contributed by atoms with van der Waals surface area (Å²) in [6, 6.07) is 17.5. The van der Waals surface area contributed by atoms with Gasteiger partial charge < -0.3 is 5.32 Å². The molecule has 1 fully saturated rings. The van der Waals surface area contributed by atoms with Crippen molar-refractivity contribution in [1.29, 1.82) is 0 Å². The topological polar surface area (TPSA) is 55.2 Å². The molecule has 0 aliphatic heterocycles. The van der Waals surface area contributed by atoms with E-state index < -0.39 is 0 Å². The summed E-state index contributed by atoms with van der Waals surface area (Å²) in [6.07, 6.45) is 6.38. The van der Waals surface area contributed by atoms with Crippen molar-refractivity contribution in [3.8, 4) is 0 Å². The Morgan fingerprint density at radius 2 is 1.61 bits per heavy atom. The number of nitrogens with one attached hydrogen (secondary N) is 1. The molecule has 0 heterocycles. The van der Waals surface area contributed by atoms with Crippen molar-refractivity contribution in [2.45, 2.75) is 38.1 Å². The number of hydrogen-bond donors (Lipinski definition) is 1. The first-order valence-electron chi connectivity index (χ1n) is 8.30. The fraction of sp³-hybridized carbons (Fsp3) is 0.368. The lowest BCUT2D eigenvalue weighted by atomic mass is 9.81. The molecule has 1 atom stereocenters. The SMILES string of the molecule is O=[N+]([O-])c1ccc(NC(c2ccccc2)C2CCCCC2)cc1. The van der Waals surface area contributed by atoms with Gasteiger partial charge in [-0.25, -0.2) is 0 Å². The molecule has 3 rings (SSSR count). The highest BCUT2D eigenvalue weighted by Gasteiger charge is 2.25. The highest BCUT2D eigenvalue weighted by Crippen LogP contribution is 2.36. The van der Waals surface area contributed by atoms with Crippen LogP contribution in [0.2, 0.25) is 0 Å². The molecule has 4 heteroatoms. The van der Waals surface area contributed by atoms with Crippen LogP contribution in [-0.4, -0.2) is 4.92 Å². The highest BCUT2D eigenvalue weighted by molar-refractivity contribution is 5.50. The van der Waals surface area contributed by atoms with Crippen molar-refractivity contribution in [2.75, 3.05) is 5.32 Å². The summed E-state index contributed by atoms with van der Waals surface area (Å²) in [5, 5.41) is 14.4. The Kier molecular flexibility index (Phi) is 4.91. The average Bonchev–Trinajstić information content (AvgIpc) is 2.61. The maximum atomic E-state index is 10.8. The minimum absolute atomic E-state index is 0.129. The number of anilines is 1. The minimum Gasteiger partial charge on any atom is -0.378 e. The molecule has 2 aromatic carbocycles. The summed E-state index contributed by atoms with van der Waals surface area (Å²) in [6.45, 7) is 0. The van der Waals surface area contributed by atoms with Gasteiger partial charge in [0.25, 0.3) is 5.69 Å². The summed E-state index contributed by atoms with van der Waals surface area (Å²) in [5.41, 5.74) is 2.36. The van der Waals surface area contributed by atoms with Crippen LogP contribution in [-0.2, 0) is 0 Å². The van der Waals surface area contributed by atoms with Crippen LogP contribution in [0.3, 0.4) is 0 Å². The quantitative estimate of drug-likeness (QED) is 0.600. The third-order valence-electron chi connectivity index (χ3n) is 4.68. The van der Waals surface area contributed by atoms with Crippen LogP contribution < -0.4 is 5.32 Å². The lowest BCUT2D eigenvalue weighted by Crippen LogP contribution is -2.23. The number of hydrogen-bond acceptors (Lipinski definition) is 3. The van der Waals surface area contributed by atoms with Gasteiger partial charge in [-0.2, -0.15) is 0 Å². The van der Waals surface area contributed by atoms with E-state index in [4.69, 9.17) is 0 Å². The zero-order valence-electron chi connectivity index (χ0n) is 13.2. The van der Waals surface area contributed by atoms with Crippen LogP contribution in [0.1, 0.15) is 43.7 Å². The van der Waals surface area contributed by atoms with Crippen LogP contribution in [0.25, 0.3) is 0 Å². The molecule has 0 amide bonds. The number of benzene rings is 2. The van der Waals surface area contributed by atoms with Crippen LogP contribution in [0, 0.1) is 16.0 Å². The van der Waals surface area contributed by atoms with Crippen LogP contribution in [0.4, 0.5) is 11.4 Å². The molecule has 2 aromatic rings. The molecule has 0 radical (unpaired) electrons. The molecule has 23 heavy (non-hydrogen) atoms. The Balaban J connectivity index is 1.81. The summed E-state index contributed by atoms with van der Waals surface area (Å²) >= 11 is 0. The molecule has 1 N–H and O–H groups in total. The lowest BCUT2D eigenvalue weighted by Gasteiger charge is -2.32. The van der Waals surface area contributed by atoms with E-state index >= 15 is 0 Å². The van der Waals surface area contributed by atoms with Gasteiger partial charge in [-0.1, -0.05) is 49.6 Å². The van der Waals surface area contributed by atoms with E-state index in [2.05, 4.69) is 29.6 Å². The maximum Gasteiger partial charge on any atom is 0.269 e. The molecule has 1 unspecified atom stereocenters. The number of nitrogens with zero attached hydrogens (tertiary/aromatic N) is 1. The van der Waals surface area contributed by atoms with Gasteiger partial charge in [0.15, 0.2) is 0 Å². The van der Waals surface area contributed by atoms with Crippen molar-refractivity contribution in [1.82, 2.24) is 0 Å². The van der Waals surface area contributed by atoms with Gasteiger partial charge in [-0.3, -0.25) is 10.1 Å². The van der Waals surface area contributed by atoms with Gasteiger partial charge in [-0.15, -0.1) is 0 Å². The van der Waals surface area contributed by atoms with Gasteiger partial charge in [0, 0.05) is 17.8 Å². The van der Waals surface area contributed by atoms with E-state index in [1.807, 2.05) is 6.07 Å². The van der Waals surface area contributed by atoms with Crippen LogP contribution in [0.5, 0.6) is 0 Å². The predicted molar refractivity (Wildman–Crippen MR) is 92.5 cm³/mol. The van der Waals surface area contributed by atoms with E-state index in [0.717, 1.165) is 5.69 Å². The molecule has 0 spiro atoms. The first-order valence-corrected chi connectivity index (χ1v) is 8.30. The van der Waals surface area contributed by atoms with E-state index in [-0.39, 0.29) is 16.7 Å². The molecular weight excluding hydrogens is 288 g/mol. The van der Waals surface area contributed by atoms with Crippen molar-refractivity contribution >= 4 is 11.4 Å². The summed E-state index contributed by atoms with van der Waals surface area (Å²) in [5.74, 6) is 0.612. The molecule has 4 nitrogen and oxygen atoms in total. The fourth-order valence-corrected chi connectivity index (χ4v) is 3.46. The molecule has 120 valence electrons. The molecule has 1 saturated carbocycles. The maximum absolute atomic E-state index is 10.8. The van der Waals surface area contributed by atoms with E-state index in [1.54, 1.807) is 24.3 Å². The molecule has 1 aliphatic rings. The molecule has 0 saturated heterocycles. The second kappa shape index (κ2) is 7.27. The number of non-ortho nitro benzene ring substituents is 1. The van der Waals surface area contributed by atoms with Crippen molar-refractivity contribution in [3.63, 3.8) is 0 Å². The molecule has 0 aromatic heterocycles. The summed E-state index contributed by atoms with van der Waals surface area (Å²) in [7, 11) is 0. The average molecular weight is 310 g/mol. The fourth-order valence-electron chi connectivity index (χ4n) is 3.46. The second-order valence-corrected chi connectivity index (χ2v) is 6.23. The monoisotopic (exact) mass is 310 g/mol. The van der Waals surface area contributed by atoms with Gasteiger partial charge in [0.1, 0.15) is 0 Å². The van der Waals surface area contributed by atoms with Gasteiger partial charge >= 0.3 is 0 Å². The second-order valence-electron chi connectivity index (χ2n) is 6.23. The standard InChI is InChI=1S/C19H22N2O2/c22-21(23)18-13-11-17(12-14-18)20-19(15-7-3-1-4-8-15)16-9-5-2-6-10-16/h1,3-4,7-8,11-14,16,19-20H,2,5-6,9-10H2. The minimum atomic E-state index is -0.362. The van der Waals surface area contributed by atoms with Crippen molar-refractivity contribution in [2.24, 2.45) is 5.92 Å². The van der Waals surface area contributed by atoms with Gasteiger partial charge in [0.05, 0.1) is 11.0 Å². The zero-order chi connectivity index (χ0) is 16.1. The first kappa shape index (κ1) is 15.5. The Hall–Kier alpha value is -2.36. The Bertz CT molecular complexity index is 634. The molecule has 1 aliphatic carbocycles. The van der Waals surface area contributed by atoms with Gasteiger partial charge in [-0.05, 0) is 36.5 Å². The normalized spacial score (nSPS) is 16.7. The van der Waals surface area contributed by atoms with Crippen molar-refractivity contribution < 1.29 is 4.92 Å². The Labute approximate surface area is 136 Å². The smallest absolute Gasteiger partial charge is 0.269 e. The number of nitro groups is 1. The zero-order valence-corrected chi connectivity index (χ0v) is 13.2. The highest BCUT2D eigenvalue weighted by atomic mass is 16.6. The predicted octanol–water partition coefficient (Wildman–Crippen LogP) is 5.33. The largest absolute Gasteiger partial charge is 0.378 e. The van der Waals surface area contributed by atoms with Gasteiger partial charge in [0.2, 0.25) is 0 Å². The van der Waals surface area contributed by atoms with Crippen molar-refractivity contribution in [3.05, 3.63) is 70.3 Å². The van der Waals surface area contributed by atoms with E-state index in [9.17, 15) is 10.1 Å².